The maximum absolute atomic E-state index is 13.8. The summed E-state index contributed by atoms with van der Waals surface area (Å²) in [5.74, 6) is -1.06. The third kappa shape index (κ3) is 3.41. The zero-order valence-corrected chi connectivity index (χ0v) is 19.3. The number of hydrogen-bond acceptors (Lipinski definition) is 10. The molecule has 0 radical (unpaired) electrons. The molecule has 1 aliphatic heterocycles. The quantitative estimate of drug-likeness (QED) is 0.435. The lowest BCUT2D eigenvalue weighted by Crippen LogP contribution is -2.67. The molecule has 0 atom stereocenters. The highest BCUT2D eigenvalue weighted by molar-refractivity contribution is 8.16. The zero-order valence-electron chi connectivity index (χ0n) is 15.3. The molecular weight excluding hydrogens is 498 g/mol. The molecule has 0 aliphatic carbocycles. The van der Waals surface area contributed by atoms with Gasteiger partial charge in [0.15, 0.2) is 39.3 Å². The molecule has 2 rings (SSSR count). The van der Waals surface area contributed by atoms with Crippen molar-refractivity contribution in [2.24, 2.45) is 0 Å². The van der Waals surface area contributed by atoms with Crippen LogP contribution < -0.4 is 5.46 Å². The number of sulfone groups is 4. The van der Waals surface area contributed by atoms with Crippen molar-refractivity contribution >= 4 is 63.5 Å². The van der Waals surface area contributed by atoms with E-state index < -0.39 is 66.3 Å². The van der Waals surface area contributed by atoms with Crippen molar-refractivity contribution in [3.63, 3.8) is 0 Å². The number of rotatable bonds is 5. The summed E-state index contributed by atoms with van der Waals surface area (Å²) in [4.78, 5) is 0. The van der Waals surface area contributed by atoms with Gasteiger partial charge in [-0.2, -0.15) is 0 Å². The van der Waals surface area contributed by atoms with Crippen LogP contribution in [0, 0.1) is 5.82 Å². The van der Waals surface area contributed by atoms with Gasteiger partial charge in [0.1, 0.15) is 5.82 Å². The van der Waals surface area contributed by atoms with Crippen LogP contribution in [-0.4, -0.2) is 74.3 Å². The molecule has 1 aromatic rings. The molecule has 17 heteroatoms. The molecule has 0 saturated carbocycles. The smallest absolute Gasteiger partial charge is 0.372 e. The maximum Gasteiger partial charge on any atom is 0.497 e. The monoisotopic (exact) mass is 512 g/mol. The fraction of sp³-hybridized carbons (Fsp3) is 0.500. The highest BCUT2D eigenvalue weighted by Gasteiger charge is 2.83. The lowest BCUT2D eigenvalue weighted by Gasteiger charge is -2.37. The molecule has 0 aromatic heterocycles. The average Bonchev–Trinajstić information content (AvgIpc) is 2.87. The van der Waals surface area contributed by atoms with Crippen LogP contribution in [0.15, 0.2) is 18.2 Å². The maximum atomic E-state index is 13.8. The van der Waals surface area contributed by atoms with E-state index in [0.29, 0.717) is 6.07 Å². The van der Waals surface area contributed by atoms with Crippen LogP contribution in [0.4, 0.5) is 4.39 Å². The molecule has 0 spiro atoms. The third-order valence-corrected chi connectivity index (χ3v) is 14.0. The Labute approximate surface area is 173 Å². The minimum atomic E-state index is -5.17. The van der Waals surface area contributed by atoms with Gasteiger partial charge in [-0.05, 0) is 17.6 Å². The van der Waals surface area contributed by atoms with Gasteiger partial charge in [0.2, 0.25) is 0 Å². The van der Waals surface area contributed by atoms with Crippen LogP contribution in [0.1, 0.15) is 0 Å². The van der Waals surface area contributed by atoms with Crippen molar-refractivity contribution in [3.05, 3.63) is 29.0 Å². The first-order valence-electron chi connectivity index (χ1n) is 7.32. The van der Waals surface area contributed by atoms with Crippen molar-refractivity contribution in [1.29, 1.82) is 0 Å². The normalized spacial score (nSPS) is 20.0. The average molecular weight is 513 g/mol. The molecule has 10 nitrogen and oxygen atoms in total. The van der Waals surface area contributed by atoms with E-state index in [1.54, 1.807) is 0 Å². The van der Waals surface area contributed by atoms with Crippen LogP contribution in [0.2, 0.25) is 5.02 Å². The molecule has 1 aliphatic rings. The minimum absolute atomic E-state index is 0.285. The van der Waals surface area contributed by atoms with Crippen molar-refractivity contribution in [3.8, 4) is 0 Å². The van der Waals surface area contributed by atoms with Crippen LogP contribution >= 0.6 is 11.6 Å². The summed E-state index contributed by atoms with van der Waals surface area (Å²) in [6.07, 6.45) is 1.14. The van der Waals surface area contributed by atoms with Crippen LogP contribution in [-0.2, 0) is 48.7 Å². The van der Waals surface area contributed by atoms with Gasteiger partial charge in [0.25, 0.3) is 0 Å². The second kappa shape index (κ2) is 6.86. The first-order chi connectivity index (χ1) is 12.7. The van der Waals surface area contributed by atoms with E-state index in [-0.39, 0.29) is 30.0 Å². The van der Waals surface area contributed by atoms with Gasteiger partial charge in [0.05, 0.1) is 5.02 Å². The van der Waals surface area contributed by atoms with Gasteiger partial charge in [0, 0.05) is 25.0 Å². The van der Waals surface area contributed by atoms with Crippen LogP contribution in [0.25, 0.3) is 0 Å². The second-order valence-electron chi connectivity index (χ2n) is 6.44. The van der Waals surface area contributed by atoms with Gasteiger partial charge >= 0.3 is 15.6 Å². The third-order valence-electron chi connectivity index (χ3n) is 4.07. The van der Waals surface area contributed by atoms with Crippen molar-refractivity contribution in [2.75, 3.05) is 25.0 Å². The highest BCUT2D eigenvalue weighted by Crippen LogP contribution is 2.51. The molecule has 0 amide bonds. The Kier molecular flexibility index (Phi) is 5.80. The summed E-state index contributed by atoms with van der Waals surface area (Å²) in [5, 5.41) is -0.373. The van der Waals surface area contributed by atoms with Crippen molar-refractivity contribution in [2.45, 2.75) is 8.53 Å². The fourth-order valence-corrected chi connectivity index (χ4v) is 14.3. The number of hydrogen-bond donors (Lipinski definition) is 0. The van der Waals surface area contributed by atoms with Gasteiger partial charge in [-0.3, -0.25) is 0 Å². The van der Waals surface area contributed by atoms with E-state index in [0.717, 1.165) is 12.1 Å². The lowest BCUT2D eigenvalue weighted by molar-refractivity contribution is 0.202. The topological polar surface area (TPSA) is 155 Å². The predicted molar refractivity (Wildman–Crippen MR) is 104 cm³/mol. The van der Waals surface area contributed by atoms with E-state index in [1.165, 1.54) is 0 Å². The van der Waals surface area contributed by atoms with Gasteiger partial charge in [-0.15, -0.1) is 0 Å². The summed E-state index contributed by atoms with van der Waals surface area (Å²) in [7, 11) is -22.9. The Morgan fingerprint density at radius 3 is 1.41 bits per heavy atom. The molecule has 0 bridgehead atoms. The zero-order chi connectivity index (χ0) is 22.8. The molecule has 29 heavy (non-hydrogen) atoms. The molecule has 1 aromatic carbocycles. The van der Waals surface area contributed by atoms with E-state index in [1.807, 2.05) is 0 Å². The number of halogens is 2. The van der Waals surface area contributed by atoms with Crippen molar-refractivity contribution in [1.82, 2.24) is 0 Å². The Balaban J connectivity index is 3.08. The SMILES string of the molecule is CS(=O)(=O)C1(S(C)(=O)=O)OB(c2ccc(Cl)c(F)c2)OC1(S(C)(=O)=O)S(C)(=O)=O. The van der Waals surface area contributed by atoms with Crippen molar-refractivity contribution < 1.29 is 47.4 Å². The van der Waals surface area contributed by atoms with Crippen LogP contribution in [0.5, 0.6) is 0 Å². The van der Waals surface area contributed by atoms with Gasteiger partial charge in [-0.1, -0.05) is 17.7 Å². The lowest BCUT2D eigenvalue weighted by atomic mass is 9.79. The molecule has 164 valence electrons. The summed E-state index contributed by atoms with van der Waals surface area (Å²) < 4.78 is 117. The summed E-state index contributed by atoms with van der Waals surface area (Å²) in [5.41, 5.74) is -0.405. The molecule has 1 fully saturated rings. The Morgan fingerprint density at radius 2 is 1.14 bits per heavy atom. The summed E-state index contributed by atoms with van der Waals surface area (Å²) in [6.45, 7) is 0. The predicted octanol–water partition coefficient (Wildman–Crippen LogP) is -1.29. The van der Waals surface area contributed by atoms with E-state index >= 15 is 0 Å². The number of benzene rings is 1. The molecule has 1 saturated heterocycles. The van der Waals surface area contributed by atoms with Crippen LogP contribution in [0.3, 0.4) is 0 Å². The standard InChI is InChI=1S/C12H15BClFO10S4/c1-26(16,17)11(27(2,18)19)12(28(3,20)21,29(4,22)23)25-13(24-11)8-5-6-9(14)10(15)7-8/h5-7H,1-4H3. The summed E-state index contributed by atoms with van der Waals surface area (Å²) in [6, 6.07) is 2.65. The van der Waals surface area contributed by atoms with Gasteiger partial charge < -0.3 is 9.31 Å². The Hall–Kier alpha value is -0.775. The second-order valence-corrected chi connectivity index (χ2v) is 15.8. The highest BCUT2D eigenvalue weighted by atomic mass is 35.5. The van der Waals surface area contributed by atoms with E-state index in [4.69, 9.17) is 20.9 Å². The minimum Gasteiger partial charge on any atom is -0.372 e. The first-order valence-corrected chi connectivity index (χ1v) is 15.3. The molecule has 1 heterocycles. The van der Waals surface area contributed by atoms with Gasteiger partial charge in [-0.25, -0.2) is 38.1 Å². The summed E-state index contributed by atoms with van der Waals surface area (Å²) >= 11 is 5.55. The first kappa shape index (κ1) is 24.5. The molecule has 0 N–H and O–H groups in total. The molecule has 0 unspecified atom stereocenters. The largest absolute Gasteiger partial charge is 0.497 e. The van der Waals surface area contributed by atoms with E-state index in [9.17, 15) is 38.1 Å². The fourth-order valence-electron chi connectivity index (χ4n) is 3.05. The Bertz CT molecular complexity index is 1150. The Morgan fingerprint density at radius 1 is 0.793 bits per heavy atom. The molecular formula is C12H15BClFO10S4. The van der Waals surface area contributed by atoms with E-state index in [2.05, 4.69) is 0 Å².